The zero-order chi connectivity index (χ0) is 15.5. The van der Waals surface area contributed by atoms with Crippen LogP contribution < -0.4 is 0 Å². The molecule has 5 nitrogen and oxygen atoms in total. The van der Waals surface area contributed by atoms with E-state index in [0.717, 1.165) is 51.0 Å². The van der Waals surface area contributed by atoms with Gasteiger partial charge in [-0.2, -0.15) is 0 Å². The van der Waals surface area contributed by atoms with E-state index in [1.54, 1.807) is 7.11 Å². The van der Waals surface area contributed by atoms with Crippen molar-refractivity contribution in [2.75, 3.05) is 39.9 Å². The molecule has 1 saturated heterocycles. The standard InChI is InChI=1S/C16H29N3O2/c1-13-11-18(6-7-19(13)8-9-20-5)12-15-17-10-14(21-15)16(2,3)4/h10,13H,6-9,11-12H2,1-5H3/t13-/m1/s1. The van der Waals surface area contributed by atoms with Crippen LogP contribution in [0.3, 0.4) is 0 Å². The summed E-state index contributed by atoms with van der Waals surface area (Å²) in [6.45, 7) is 14.5. The minimum absolute atomic E-state index is 0.0252. The summed E-state index contributed by atoms with van der Waals surface area (Å²) in [5.41, 5.74) is 0.0252. The van der Waals surface area contributed by atoms with Crippen LogP contribution in [-0.4, -0.2) is 60.7 Å². The van der Waals surface area contributed by atoms with Crippen LogP contribution in [-0.2, 0) is 16.7 Å². The Kier molecular flexibility index (Phi) is 5.41. The molecule has 0 aliphatic carbocycles. The summed E-state index contributed by atoms with van der Waals surface area (Å²) in [6, 6.07) is 0.547. The summed E-state index contributed by atoms with van der Waals surface area (Å²) < 4.78 is 11.1. The highest BCUT2D eigenvalue weighted by Gasteiger charge is 2.25. The summed E-state index contributed by atoms with van der Waals surface area (Å²) >= 11 is 0. The molecule has 0 radical (unpaired) electrons. The van der Waals surface area contributed by atoms with Crippen molar-refractivity contribution in [1.82, 2.24) is 14.8 Å². The zero-order valence-corrected chi connectivity index (χ0v) is 14.1. The summed E-state index contributed by atoms with van der Waals surface area (Å²) in [5, 5.41) is 0. The fourth-order valence-corrected chi connectivity index (χ4v) is 2.68. The van der Waals surface area contributed by atoms with Crippen molar-refractivity contribution in [3.63, 3.8) is 0 Å². The van der Waals surface area contributed by atoms with Gasteiger partial charge in [-0.15, -0.1) is 0 Å². The van der Waals surface area contributed by atoms with Gasteiger partial charge in [0.25, 0.3) is 0 Å². The van der Waals surface area contributed by atoms with Gasteiger partial charge in [-0.05, 0) is 6.92 Å². The Morgan fingerprint density at radius 1 is 1.38 bits per heavy atom. The molecule has 0 bridgehead atoms. The van der Waals surface area contributed by atoms with Crippen molar-refractivity contribution >= 4 is 0 Å². The zero-order valence-electron chi connectivity index (χ0n) is 14.1. The maximum Gasteiger partial charge on any atom is 0.208 e. The molecular weight excluding hydrogens is 266 g/mol. The number of rotatable bonds is 5. The topological polar surface area (TPSA) is 41.7 Å². The minimum Gasteiger partial charge on any atom is -0.444 e. The smallest absolute Gasteiger partial charge is 0.208 e. The van der Waals surface area contributed by atoms with Gasteiger partial charge in [0.2, 0.25) is 5.89 Å². The molecule has 2 rings (SSSR count). The van der Waals surface area contributed by atoms with Crippen LogP contribution in [0.1, 0.15) is 39.3 Å². The molecule has 0 spiro atoms. The Hall–Kier alpha value is -0.910. The van der Waals surface area contributed by atoms with Crippen LogP contribution in [0.2, 0.25) is 0 Å². The molecule has 0 aromatic carbocycles. The van der Waals surface area contributed by atoms with Crippen LogP contribution in [0.25, 0.3) is 0 Å². The van der Waals surface area contributed by atoms with E-state index >= 15 is 0 Å². The first-order valence-electron chi connectivity index (χ1n) is 7.80. The van der Waals surface area contributed by atoms with E-state index in [9.17, 15) is 0 Å². The maximum absolute atomic E-state index is 5.89. The summed E-state index contributed by atoms with van der Waals surface area (Å²) in [5.74, 6) is 1.79. The fraction of sp³-hybridized carbons (Fsp3) is 0.812. The maximum atomic E-state index is 5.89. The number of nitrogens with zero attached hydrogens (tertiary/aromatic N) is 3. The van der Waals surface area contributed by atoms with Gasteiger partial charge in [0, 0.05) is 44.7 Å². The number of aromatic nitrogens is 1. The Morgan fingerprint density at radius 3 is 2.71 bits per heavy atom. The van der Waals surface area contributed by atoms with Crippen LogP contribution in [0.4, 0.5) is 0 Å². The van der Waals surface area contributed by atoms with Gasteiger partial charge in [0.1, 0.15) is 5.76 Å². The SMILES string of the molecule is COCCN1CCN(Cc2ncc(C(C)(C)C)o2)C[C@H]1C. The van der Waals surface area contributed by atoms with Crippen molar-refractivity contribution in [3.8, 4) is 0 Å². The molecular formula is C16H29N3O2. The number of methoxy groups -OCH3 is 1. The summed E-state index contributed by atoms with van der Waals surface area (Å²) in [7, 11) is 1.76. The van der Waals surface area contributed by atoms with Gasteiger partial charge in [0.15, 0.2) is 0 Å². The number of piperazine rings is 1. The Morgan fingerprint density at radius 2 is 2.14 bits per heavy atom. The molecule has 0 N–H and O–H groups in total. The summed E-state index contributed by atoms with van der Waals surface area (Å²) in [6.07, 6.45) is 1.87. The molecule has 5 heteroatoms. The lowest BCUT2D eigenvalue weighted by atomic mass is 9.94. The number of hydrogen-bond acceptors (Lipinski definition) is 5. The van der Waals surface area contributed by atoms with Crippen LogP contribution in [0, 0.1) is 0 Å². The highest BCUT2D eigenvalue weighted by Crippen LogP contribution is 2.23. The van der Waals surface area contributed by atoms with Crippen LogP contribution in [0.15, 0.2) is 10.6 Å². The Labute approximate surface area is 128 Å². The second kappa shape index (κ2) is 6.90. The van der Waals surface area contributed by atoms with Crippen LogP contribution in [0.5, 0.6) is 0 Å². The Bertz CT molecular complexity index is 439. The van der Waals surface area contributed by atoms with E-state index < -0.39 is 0 Å². The normalized spacial score (nSPS) is 21.9. The number of ether oxygens (including phenoxy) is 1. The predicted molar refractivity (Wildman–Crippen MR) is 83.4 cm³/mol. The molecule has 21 heavy (non-hydrogen) atoms. The van der Waals surface area contributed by atoms with Crippen molar-refractivity contribution < 1.29 is 9.15 Å². The monoisotopic (exact) mass is 295 g/mol. The van der Waals surface area contributed by atoms with E-state index in [1.807, 2.05) is 6.20 Å². The minimum atomic E-state index is 0.0252. The first kappa shape index (κ1) is 16.5. The van der Waals surface area contributed by atoms with Gasteiger partial charge in [-0.25, -0.2) is 4.98 Å². The highest BCUT2D eigenvalue weighted by molar-refractivity contribution is 5.06. The lowest BCUT2D eigenvalue weighted by Crippen LogP contribution is -2.52. The van der Waals surface area contributed by atoms with Crippen LogP contribution >= 0.6 is 0 Å². The van der Waals surface area contributed by atoms with Crippen molar-refractivity contribution in [2.24, 2.45) is 0 Å². The average Bonchev–Trinajstić information content (AvgIpc) is 2.86. The third-order valence-corrected chi connectivity index (χ3v) is 4.08. The van der Waals surface area contributed by atoms with Gasteiger partial charge >= 0.3 is 0 Å². The van der Waals surface area contributed by atoms with E-state index in [1.165, 1.54) is 0 Å². The second-order valence-electron chi connectivity index (χ2n) is 6.98. The summed E-state index contributed by atoms with van der Waals surface area (Å²) in [4.78, 5) is 9.33. The third-order valence-electron chi connectivity index (χ3n) is 4.08. The average molecular weight is 295 g/mol. The molecule has 1 aromatic heterocycles. The molecule has 1 atom stereocenters. The van der Waals surface area contributed by atoms with E-state index in [4.69, 9.17) is 9.15 Å². The number of oxazole rings is 1. The van der Waals surface area contributed by atoms with Crippen molar-refractivity contribution in [3.05, 3.63) is 17.8 Å². The molecule has 120 valence electrons. The molecule has 0 amide bonds. The first-order chi connectivity index (χ1) is 9.90. The fourth-order valence-electron chi connectivity index (χ4n) is 2.68. The largest absolute Gasteiger partial charge is 0.444 e. The van der Waals surface area contributed by atoms with Gasteiger partial charge in [-0.3, -0.25) is 9.80 Å². The quantitative estimate of drug-likeness (QED) is 0.832. The molecule has 0 saturated carbocycles. The first-order valence-corrected chi connectivity index (χ1v) is 7.80. The molecule has 0 unspecified atom stereocenters. The molecule has 1 aromatic rings. The van der Waals surface area contributed by atoms with E-state index in [0.29, 0.717) is 6.04 Å². The Balaban J connectivity index is 1.86. The van der Waals surface area contributed by atoms with Crippen molar-refractivity contribution in [1.29, 1.82) is 0 Å². The molecule has 2 heterocycles. The molecule has 1 fully saturated rings. The number of hydrogen-bond donors (Lipinski definition) is 0. The predicted octanol–water partition coefficient (Wildman–Crippen LogP) is 2.12. The van der Waals surface area contributed by atoms with E-state index in [2.05, 4.69) is 42.5 Å². The lowest BCUT2D eigenvalue weighted by Gasteiger charge is -2.39. The van der Waals surface area contributed by atoms with Gasteiger partial charge in [-0.1, -0.05) is 20.8 Å². The third kappa shape index (κ3) is 4.53. The van der Waals surface area contributed by atoms with Gasteiger partial charge < -0.3 is 9.15 Å². The molecule has 1 aliphatic heterocycles. The molecule has 1 aliphatic rings. The highest BCUT2D eigenvalue weighted by atomic mass is 16.5. The van der Waals surface area contributed by atoms with Crippen molar-refractivity contribution in [2.45, 2.75) is 45.7 Å². The second-order valence-corrected chi connectivity index (χ2v) is 6.98. The lowest BCUT2D eigenvalue weighted by molar-refractivity contribution is 0.0518. The van der Waals surface area contributed by atoms with E-state index in [-0.39, 0.29) is 5.41 Å². The van der Waals surface area contributed by atoms with Gasteiger partial charge in [0.05, 0.1) is 19.3 Å².